The maximum absolute atomic E-state index is 13.8. The van der Waals surface area contributed by atoms with Crippen LogP contribution < -0.4 is 26.6 Å². The molecule has 0 aliphatic rings. The fraction of sp³-hybridized carbons (Fsp3) is 0.444. The molecule has 2 aromatic carbocycles. The van der Waals surface area contributed by atoms with Crippen molar-refractivity contribution in [2.75, 3.05) is 0 Å². The molecular weight excluding hydrogens is 678 g/mol. The number of amides is 4. The molecule has 0 aliphatic heterocycles. The highest BCUT2D eigenvalue weighted by Crippen LogP contribution is 2.10. The topological polar surface area (TPSA) is 257 Å². The van der Waals surface area contributed by atoms with Gasteiger partial charge in [0.05, 0.1) is 31.3 Å². The maximum atomic E-state index is 13.8. The van der Waals surface area contributed by atoms with E-state index in [-0.39, 0.29) is 31.1 Å². The second-order valence-electron chi connectivity index (χ2n) is 12.5. The number of aliphatic carboxylic acids is 3. The molecule has 0 aromatic heterocycles. The summed E-state index contributed by atoms with van der Waals surface area (Å²) in [5.74, 6) is -8.76. The van der Waals surface area contributed by atoms with Gasteiger partial charge in [0.1, 0.15) is 18.1 Å². The zero-order chi connectivity index (χ0) is 38.8. The fourth-order valence-electron chi connectivity index (χ4n) is 5.24. The Labute approximate surface area is 301 Å². The molecule has 8 N–H and O–H groups in total. The number of carboxylic acids is 3. The lowest BCUT2D eigenvalue weighted by molar-refractivity contribution is -0.144. The highest BCUT2D eigenvalue weighted by molar-refractivity contribution is 5.98. The van der Waals surface area contributed by atoms with Crippen molar-refractivity contribution in [1.29, 1.82) is 0 Å². The number of carboxylic acid groups (broad SMARTS) is 3. The second kappa shape index (κ2) is 21.5. The van der Waals surface area contributed by atoms with Crippen molar-refractivity contribution in [2.24, 2.45) is 0 Å². The van der Waals surface area contributed by atoms with Crippen molar-refractivity contribution < 1.29 is 53.7 Å². The van der Waals surface area contributed by atoms with Crippen molar-refractivity contribution in [3.05, 3.63) is 71.8 Å². The molecule has 0 radical (unpaired) electrons. The molecule has 2 rings (SSSR count). The smallest absolute Gasteiger partial charge is 0.305 e. The molecule has 0 saturated heterocycles. The van der Waals surface area contributed by atoms with Crippen LogP contribution in [0.4, 0.5) is 0 Å². The Morgan fingerprint density at radius 3 is 1.27 bits per heavy atom. The third-order valence-electron chi connectivity index (χ3n) is 7.65. The summed E-state index contributed by atoms with van der Waals surface area (Å²) < 4.78 is 0. The summed E-state index contributed by atoms with van der Waals surface area (Å²) >= 11 is 0. The first-order valence-corrected chi connectivity index (χ1v) is 16.8. The highest BCUT2D eigenvalue weighted by atomic mass is 16.4. The van der Waals surface area contributed by atoms with Crippen LogP contribution >= 0.6 is 0 Å². The van der Waals surface area contributed by atoms with E-state index in [2.05, 4.69) is 26.6 Å². The number of ketones is 1. The largest absolute Gasteiger partial charge is 0.481 e. The van der Waals surface area contributed by atoms with Gasteiger partial charge >= 0.3 is 17.9 Å². The number of carbonyl (C=O) groups is 8. The van der Waals surface area contributed by atoms with E-state index in [1.807, 2.05) is 6.92 Å². The van der Waals surface area contributed by atoms with Crippen molar-refractivity contribution in [3.63, 3.8) is 0 Å². The van der Waals surface area contributed by atoms with Gasteiger partial charge in [-0.1, -0.05) is 81.4 Å². The molecule has 0 spiro atoms. The molecule has 4 amide bonds. The maximum Gasteiger partial charge on any atom is 0.305 e. The van der Waals surface area contributed by atoms with E-state index < -0.39 is 91.0 Å². The molecule has 16 heteroatoms. The third-order valence-corrected chi connectivity index (χ3v) is 7.65. The number of nitrogens with one attached hydrogen (secondary N) is 5. The molecule has 52 heavy (non-hydrogen) atoms. The summed E-state index contributed by atoms with van der Waals surface area (Å²) in [6, 6.07) is 9.79. The monoisotopic (exact) mass is 725 g/mol. The number of carbonyl (C=O) groups excluding carboxylic acids is 5. The van der Waals surface area contributed by atoms with Gasteiger partial charge in [-0.15, -0.1) is 0 Å². The van der Waals surface area contributed by atoms with Crippen LogP contribution in [0.1, 0.15) is 64.0 Å². The Kier molecular flexibility index (Phi) is 17.6. The van der Waals surface area contributed by atoms with Crippen LogP contribution in [0.3, 0.4) is 0 Å². The minimum absolute atomic E-state index is 0.0856. The van der Waals surface area contributed by atoms with Gasteiger partial charge in [-0.2, -0.15) is 0 Å². The molecule has 2 aromatic rings. The van der Waals surface area contributed by atoms with Gasteiger partial charge in [0.2, 0.25) is 23.6 Å². The summed E-state index contributed by atoms with van der Waals surface area (Å²) in [6.45, 7) is 5.09. The zero-order valence-electron chi connectivity index (χ0n) is 29.3. The quantitative estimate of drug-likeness (QED) is 0.0783. The molecule has 16 nitrogen and oxygen atoms in total. The molecule has 0 heterocycles. The number of hydrogen-bond acceptors (Lipinski definition) is 9. The molecule has 282 valence electrons. The van der Waals surface area contributed by atoms with Gasteiger partial charge in [-0.25, -0.2) is 0 Å². The first-order chi connectivity index (χ1) is 24.6. The Hall–Kier alpha value is -5.64. The van der Waals surface area contributed by atoms with Crippen LogP contribution in [0.2, 0.25) is 0 Å². The van der Waals surface area contributed by atoms with Crippen LogP contribution in [0.5, 0.6) is 0 Å². The molecule has 0 saturated carbocycles. The summed E-state index contributed by atoms with van der Waals surface area (Å²) in [7, 11) is 0. The number of Topliss-reactive ketones (excluding diaryl/α,β-unsaturated/α-hetero) is 1. The van der Waals surface area contributed by atoms with E-state index >= 15 is 0 Å². The van der Waals surface area contributed by atoms with Crippen LogP contribution in [0, 0.1) is 0 Å². The first-order valence-electron chi connectivity index (χ1n) is 16.8. The van der Waals surface area contributed by atoms with E-state index in [0.29, 0.717) is 12.0 Å². The average Bonchev–Trinajstić information content (AvgIpc) is 3.06. The van der Waals surface area contributed by atoms with E-state index in [1.165, 1.54) is 0 Å². The van der Waals surface area contributed by atoms with E-state index in [1.54, 1.807) is 74.5 Å². The summed E-state index contributed by atoms with van der Waals surface area (Å²) in [5, 5.41) is 40.5. The SMILES string of the molecule is CCCC(=O)C(Cc1ccccc1)NC(=O)C(Cc1ccccc1)NC(=O)C(CC(=O)O)NC(=O)C(CC(=O)O)NC(=O)C(CC(=O)O)NC(C)C. The lowest BCUT2D eigenvalue weighted by Crippen LogP contribution is -2.60. The van der Waals surface area contributed by atoms with E-state index in [9.17, 15) is 53.7 Å². The zero-order valence-corrected chi connectivity index (χ0v) is 29.3. The van der Waals surface area contributed by atoms with Crippen molar-refractivity contribution in [1.82, 2.24) is 26.6 Å². The van der Waals surface area contributed by atoms with Gasteiger partial charge in [0.15, 0.2) is 5.78 Å². The second-order valence-corrected chi connectivity index (χ2v) is 12.5. The summed E-state index contributed by atoms with van der Waals surface area (Å²) in [6.07, 6.45) is -1.89. The summed E-state index contributed by atoms with van der Waals surface area (Å²) in [5.41, 5.74) is 1.39. The van der Waals surface area contributed by atoms with Gasteiger partial charge in [0, 0.05) is 18.9 Å². The molecule has 0 aliphatic carbocycles. The van der Waals surface area contributed by atoms with Crippen molar-refractivity contribution >= 4 is 47.3 Å². The first kappa shape index (κ1) is 42.5. The summed E-state index contributed by atoms with van der Waals surface area (Å²) in [4.78, 5) is 102. The van der Waals surface area contributed by atoms with Gasteiger partial charge in [-0.05, 0) is 24.0 Å². The van der Waals surface area contributed by atoms with Crippen molar-refractivity contribution in [2.45, 2.75) is 102 Å². The number of rotatable bonds is 23. The Morgan fingerprint density at radius 1 is 0.519 bits per heavy atom. The van der Waals surface area contributed by atoms with Crippen molar-refractivity contribution in [3.8, 4) is 0 Å². The normalized spacial score (nSPS) is 13.8. The molecule has 0 bridgehead atoms. The lowest BCUT2D eigenvalue weighted by atomic mass is 9.98. The lowest BCUT2D eigenvalue weighted by Gasteiger charge is -2.26. The van der Waals surface area contributed by atoms with Gasteiger partial charge < -0.3 is 41.9 Å². The molecule has 5 atom stereocenters. The predicted octanol–water partition coefficient (Wildman–Crippen LogP) is 0.571. The fourth-order valence-corrected chi connectivity index (χ4v) is 5.24. The predicted molar refractivity (Wildman–Crippen MR) is 187 cm³/mol. The minimum atomic E-state index is -1.85. The van der Waals surface area contributed by atoms with E-state index in [0.717, 1.165) is 5.56 Å². The average molecular weight is 726 g/mol. The number of hydrogen-bond donors (Lipinski definition) is 8. The standard InChI is InChI=1S/C36H47N5O11/c1-4-11-29(42)24(16-22-12-7-5-8-13-22)38-33(49)25(17-23-14-9-6-10-15-23)39-35(51)27(19-31(45)46)41-36(52)28(20-32(47)48)40-34(50)26(18-30(43)44)37-21(2)3/h5-10,12-15,21,24-28,37H,4,11,16-20H2,1-3H3,(H,38,49)(H,39,51)(H,40,50)(H,41,52)(H,43,44)(H,45,46)(H,47,48). The molecule has 0 fully saturated rings. The molecular formula is C36H47N5O11. The van der Waals surface area contributed by atoms with Gasteiger partial charge in [-0.3, -0.25) is 38.4 Å². The minimum Gasteiger partial charge on any atom is -0.481 e. The number of benzene rings is 2. The van der Waals surface area contributed by atoms with E-state index in [4.69, 9.17) is 0 Å². The van der Waals surface area contributed by atoms with Crippen LogP contribution in [-0.2, 0) is 51.2 Å². The van der Waals surface area contributed by atoms with Crippen LogP contribution in [-0.4, -0.2) is 98.9 Å². The third kappa shape index (κ3) is 15.5. The van der Waals surface area contributed by atoms with Crippen LogP contribution in [0.15, 0.2) is 60.7 Å². The Balaban J connectivity index is 2.37. The van der Waals surface area contributed by atoms with Gasteiger partial charge in [0.25, 0.3) is 0 Å². The molecule has 5 unspecified atom stereocenters. The Morgan fingerprint density at radius 2 is 0.865 bits per heavy atom. The highest BCUT2D eigenvalue weighted by Gasteiger charge is 2.34. The van der Waals surface area contributed by atoms with Crippen LogP contribution in [0.25, 0.3) is 0 Å². The Bertz CT molecular complexity index is 1550.